The molecule has 1 aliphatic rings. The third kappa shape index (κ3) is 5.92. The molecule has 29 heavy (non-hydrogen) atoms. The van der Waals surface area contributed by atoms with E-state index in [1.807, 2.05) is 28.5 Å². The molecule has 0 spiro atoms. The number of aromatic nitrogens is 3. The van der Waals surface area contributed by atoms with E-state index in [0.717, 1.165) is 56.8 Å². The summed E-state index contributed by atoms with van der Waals surface area (Å²) in [4.78, 5) is 14.7. The molecule has 0 bridgehead atoms. The minimum Gasteiger partial charge on any atom is -0.494 e. The standard InChI is InChI=1S/C22H32N4O2S/c1-3-5-20-23-24-22(29)26(20)16-21(27)25-14-12-18(13-15-25)7-6-17-8-10-19(11-9-17)28-4-2/h8-11,18H,3-7,12-16H2,1-2H3,(H,24,29). The molecular formula is C22H32N4O2S. The molecule has 6 nitrogen and oxygen atoms in total. The van der Waals surface area contributed by atoms with E-state index in [1.54, 1.807) is 0 Å². The SMILES string of the molecule is CCCc1n[nH]c(=S)n1CC(=O)N1CCC(CCc2ccc(OCC)cc2)CC1. The van der Waals surface area contributed by atoms with Crippen LogP contribution in [0.5, 0.6) is 5.75 Å². The van der Waals surface area contributed by atoms with Gasteiger partial charge in [-0.15, -0.1) is 0 Å². The Kier molecular flexibility index (Phi) is 7.86. The first-order chi connectivity index (χ1) is 14.1. The summed E-state index contributed by atoms with van der Waals surface area (Å²) in [6, 6.07) is 8.42. The number of nitrogens with zero attached hydrogens (tertiary/aromatic N) is 3. The summed E-state index contributed by atoms with van der Waals surface area (Å²) in [5, 5.41) is 7.07. The normalized spacial score (nSPS) is 14.9. The number of hydrogen-bond donors (Lipinski definition) is 1. The Balaban J connectivity index is 1.44. The van der Waals surface area contributed by atoms with Crippen LogP contribution in [0.25, 0.3) is 0 Å². The molecule has 0 atom stereocenters. The molecule has 1 N–H and O–H groups in total. The number of piperidine rings is 1. The zero-order valence-corrected chi connectivity index (χ0v) is 18.3. The van der Waals surface area contributed by atoms with Crippen LogP contribution >= 0.6 is 12.2 Å². The summed E-state index contributed by atoms with van der Waals surface area (Å²) in [7, 11) is 0. The third-order valence-electron chi connectivity index (χ3n) is 5.65. The van der Waals surface area contributed by atoms with Gasteiger partial charge in [-0.1, -0.05) is 19.1 Å². The number of hydrogen-bond acceptors (Lipinski definition) is 4. The zero-order valence-electron chi connectivity index (χ0n) is 17.5. The van der Waals surface area contributed by atoms with Crippen molar-refractivity contribution in [3.8, 4) is 5.75 Å². The van der Waals surface area contributed by atoms with Crippen molar-refractivity contribution in [2.75, 3.05) is 19.7 Å². The largest absolute Gasteiger partial charge is 0.494 e. The van der Waals surface area contributed by atoms with Crippen molar-refractivity contribution in [2.45, 2.75) is 58.9 Å². The van der Waals surface area contributed by atoms with Crippen molar-refractivity contribution in [1.29, 1.82) is 0 Å². The van der Waals surface area contributed by atoms with Crippen LogP contribution in [0.2, 0.25) is 0 Å². The van der Waals surface area contributed by atoms with Gasteiger partial charge in [0, 0.05) is 19.5 Å². The van der Waals surface area contributed by atoms with Gasteiger partial charge in [-0.3, -0.25) is 14.5 Å². The predicted octanol–water partition coefficient (Wildman–Crippen LogP) is 4.16. The molecule has 1 saturated heterocycles. The zero-order chi connectivity index (χ0) is 20.6. The molecule has 1 aliphatic heterocycles. The van der Waals surface area contributed by atoms with Crippen molar-refractivity contribution < 1.29 is 9.53 Å². The van der Waals surface area contributed by atoms with Crippen molar-refractivity contribution in [3.63, 3.8) is 0 Å². The van der Waals surface area contributed by atoms with E-state index < -0.39 is 0 Å². The highest BCUT2D eigenvalue weighted by Crippen LogP contribution is 2.23. The van der Waals surface area contributed by atoms with Crippen LogP contribution in [0.1, 0.15) is 50.9 Å². The first kappa shape index (κ1) is 21.6. The molecule has 0 saturated carbocycles. The molecular weight excluding hydrogens is 384 g/mol. The lowest BCUT2D eigenvalue weighted by Crippen LogP contribution is -2.40. The minimum atomic E-state index is 0.143. The molecule has 0 unspecified atom stereocenters. The number of nitrogens with one attached hydrogen (secondary N) is 1. The van der Waals surface area contributed by atoms with Crippen molar-refractivity contribution in [3.05, 3.63) is 40.4 Å². The van der Waals surface area contributed by atoms with Gasteiger partial charge in [-0.25, -0.2) is 0 Å². The van der Waals surface area contributed by atoms with E-state index in [-0.39, 0.29) is 5.91 Å². The van der Waals surface area contributed by atoms with Crippen LogP contribution < -0.4 is 4.74 Å². The number of carbonyl (C=O) groups is 1. The fourth-order valence-electron chi connectivity index (χ4n) is 3.92. The van der Waals surface area contributed by atoms with Gasteiger partial charge < -0.3 is 9.64 Å². The van der Waals surface area contributed by atoms with E-state index in [2.05, 4.69) is 29.3 Å². The maximum absolute atomic E-state index is 12.8. The van der Waals surface area contributed by atoms with Crippen LogP contribution in [-0.4, -0.2) is 45.3 Å². The molecule has 7 heteroatoms. The number of H-pyrrole nitrogens is 1. The number of aromatic amines is 1. The fraction of sp³-hybridized carbons (Fsp3) is 0.591. The Labute approximate surface area is 178 Å². The van der Waals surface area contributed by atoms with Gasteiger partial charge in [-0.05, 0) is 74.9 Å². The molecule has 0 aliphatic carbocycles. The average molecular weight is 417 g/mol. The lowest BCUT2D eigenvalue weighted by Gasteiger charge is -2.32. The van der Waals surface area contributed by atoms with E-state index in [4.69, 9.17) is 17.0 Å². The quantitative estimate of drug-likeness (QED) is 0.624. The van der Waals surface area contributed by atoms with E-state index in [1.165, 1.54) is 12.0 Å². The first-order valence-electron chi connectivity index (χ1n) is 10.7. The maximum atomic E-state index is 12.8. The highest BCUT2D eigenvalue weighted by molar-refractivity contribution is 7.71. The van der Waals surface area contributed by atoms with E-state index >= 15 is 0 Å². The molecule has 0 radical (unpaired) electrons. The van der Waals surface area contributed by atoms with Gasteiger partial charge >= 0.3 is 0 Å². The second-order valence-electron chi connectivity index (χ2n) is 7.72. The van der Waals surface area contributed by atoms with E-state index in [0.29, 0.717) is 23.8 Å². The van der Waals surface area contributed by atoms with Crippen LogP contribution in [0.4, 0.5) is 0 Å². The summed E-state index contributed by atoms with van der Waals surface area (Å²) >= 11 is 5.30. The monoisotopic (exact) mass is 416 g/mol. The summed E-state index contributed by atoms with van der Waals surface area (Å²) in [6.45, 7) is 6.76. The van der Waals surface area contributed by atoms with Crippen molar-refractivity contribution in [2.24, 2.45) is 5.92 Å². The first-order valence-corrected chi connectivity index (χ1v) is 11.1. The Hall–Kier alpha value is -2.15. The Bertz CT molecular complexity index is 835. The fourth-order valence-corrected chi connectivity index (χ4v) is 4.14. The Morgan fingerprint density at radius 2 is 1.93 bits per heavy atom. The van der Waals surface area contributed by atoms with Gasteiger partial charge in [0.05, 0.1) is 6.61 Å². The van der Waals surface area contributed by atoms with Crippen molar-refractivity contribution in [1.82, 2.24) is 19.7 Å². The summed E-state index contributed by atoms with van der Waals surface area (Å²) in [5.74, 6) is 2.63. The molecule has 1 aromatic carbocycles. The number of benzene rings is 1. The third-order valence-corrected chi connectivity index (χ3v) is 5.96. The number of likely N-dealkylation sites (tertiary alicyclic amines) is 1. The molecule has 1 amide bonds. The maximum Gasteiger partial charge on any atom is 0.242 e. The Morgan fingerprint density at radius 3 is 2.59 bits per heavy atom. The van der Waals surface area contributed by atoms with Gasteiger partial charge in [-0.2, -0.15) is 5.10 Å². The highest BCUT2D eigenvalue weighted by atomic mass is 32.1. The topological polar surface area (TPSA) is 63.2 Å². The van der Waals surface area contributed by atoms with Crippen molar-refractivity contribution >= 4 is 18.1 Å². The average Bonchev–Trinajstić information content (AvgIpc) is 3.08. The molecule has 1 fully saturated rings. The molecule has 2 aromatic rings. The number of aryl methyl sites for hydroxylation is 2. The van der Waals surface area contributed by atoms with Gasteiger partial charge in [0.25, 0.3) is 0 Å². The van der Waals surface area contributed by atoms with Crippen LogP contribution in [0.15, 0.2) is 24.3 Å². The second-order valence-corrected chi connectivity index (χ2v) is 8.11. The van der Waals surface area contributed by atoms with Crippen LogP contribution in [0.3, 0.4) is 0 Å². The van der Waals surface area contributed by atoms with Gasteiger partial charge in [0.15, 0.2) is 4.77 Å². The van der Waals surface area contributed by atoms with Gasteiger partial charge in [0.2, 0.25) is 5.91 Å². The van der Waals surface area contributed by atoms with Gasteiger partial charge in [0.1, 0.15) is 18.1 Å². The molecule has 158 valence electrons. The van der Waals surface area contributed by atoms with Crippen LogP contribution in [-0.2, 0) is 24.2 Å². The molecule has 2 heterocycles. The smallest absolute Gasteiger partial charge is 0.242 e. The summed E-state index contributed by atoms with van der Waals surface area (Å²) in [5.41, 5.74) is 1.35. The van der Waals surface area contributed by atoms with E-state index in [9.17, 15) is 4.79 Å². The second kappa shape index (κ2) is 10.6. The molecule has 3 rings (SSSR count). The number of ether oxygens (including phenoxy) is 1. The number of carbonyl (C=O) groups excluding carboxylic acids is 1. The lowest BCUT2D eigenvalue weighted by molar-refractivity contribution is -0.133. The number of rotatable bonds is 9. The summed E-state index contributed by atoms with van der Waals surface area (Å²) in [6.07, 6.45) is 6.20. The van der Waals surface area contributed by atoms with Crippen LogP contribution in [0, 0.1) is 10.7 Å². The highest BCUT2D eigenvalue weighted by Gasteiger charge is 2.23. The Morgan fingerprint density at radius 1 is 1.21 bits per heavy atom. The minimum absolute atomic E-state index is 0.143. The number of amides is 1. The molecule has 1 aromatic heterocycles. The lowest BCUT2D eigenvalue weighted by atomic mass is 9.90. The predicted molar refractivity (Wildman–Crippen MR) is 117 cm³/mol. The summed E-state index contributed by atoms with van der Waals surface area (Å²) < 4.78 is 7.88.